The van der Waals surface area contributed by atoms with Gasteiger partial charge in [-0.2, -0.15) is 0 Å². The minimum atomic E-state index is -0.588. The fourth-order valence-corrected chi connectivity index (χ4v) is 3.82. The van der Waals surface area contributed by atoms with E-state index in [2.05, 4.69) is 24.1 Å². The molecule has 0 spiro atoms. The van der Waals surface area contributed by atoms with Crippen LogP contribution < -0.4 is 0 Å². The summed E-state index contributed by atoms with van der Waals surface area (Å²) < 4.78 is 0. The molecule has 2 heteroatoms. The van der Waals surface area contributed by atoms with E-state index in [1.54, 1.807) is 0 Å². The molecular weight excluding hydrogens is 210 g/mol. The lowest BCUT2D eigenvalue weighted by Crippen LogP contribution is -2.42. The normalized spacial score (nSPS) is 38.0. The van der Waals surface area contributed by atoms with Crippen molar-refractivity contribution in [3.63, 3.8) is 0 Å². The molecule has 2 fully saturated rings. The highest BCUT2D eigenvalue weighted by Gasteiger charge is 2.48. The average molecular weight is 231 g/mol. The Bertz CT molecular complexity index is 391. The van der Waals surface area contributed by atoms with Gasteiger partial charge in [0.15, 0.2) is 0 Å². The number of fused-ring (bicyclic) bond motifs is 1. The zero-order valence-corrected chi connectivity index (χ0v) is 10.5. The summed E-state index contributed by atoms with van der Waals surface area (Å²) >= 11 is 0. The largest absolute Gasteiger partial charge is 0.385 e. The molecule has 0 bridgehead atoms. The van der Waals surface area contributed by atoms with Crippen molar-refractivity contribution >= 4 is 0 Å². The molecule has 2 nitrogen and oxygen atoms in total. The van der Waals surface area contributed by atoms with E-state index >= 15 is 0 Å². The van der Waals surface area contributed by atoms with Crippen LogP contribution >= 0.6 is 0 Å². The van der Waals surface area contributed by atoms with Gasteiger partial charge in [0.2, 0.25) is 0 Å². The van der Waals surface area contributed by atoms with Gasteiger partial charge >= 0.3 is 0 Å². The minimum Gasteiger partial charge on any atom is -0.385 e. The van der Waals surface area contributed by atoms with Crippen molar-refractivity contribution < 1.29 is 5.11 Å². The zero-order chi connectivity index (χ0) is 11.9. The summed E-state index contributed by atoms with van der Waals surface area (Å²) in [5, 5.41) is 11.1. The molecule has 1 aliphatic heterocycles. The molecule has 3 rings (SSSR count). The predicted molar refractivity (Wildman–Crippen MR) is 68.7 cm³/mol. The Morgan fingerprint density at radius 2 is 2.00 bits per heavy atom. The van der Waals surface area contributed by atoms with Gasteiger partial charge in [0.1, 0.15) is 0 Å². The summed E-state index contributed by atoms with van der Waals surface area (Å²) in [6.07, 6.45) is 3.36. The number of likely N-dealkylation sites (tertiary alicyclic amines) is 1. The van der Waals surface area contributed by atoms with Crippen LogP contribution in [0.4, 0.5) is 0 Å². The lowest BCUT2D eigenvalue weighted by Gasteiger charge is -2.41. The number of hydrogen-bond donors (Lipinski definition) is 1. The maximum Gasteiger partial charge on any atom is 0.0939 e. The Kier molecular flexibility index (Phi) is 2.72. The molecule has 1 aromatic rings. The molecule has 1 aliphatic carbocycles. The van der Waals surface area contributed by atoms with Gasteiger partial charge in [-0.05, 0) is 37.8 Å². The van der Waals surface area contributed by atoms with Gasteiger partial charge in [-0.15, -0.1) is 0 Å². The van der Waals surface area contributed by atoms with E-state index < -0.39 is 5.60 Å². The molecule has 92 valence electrons. The van der Waals surface area contributed by atoms with E-state index in [0.717, 1.165) is 31.5 Å². The van der Waals surface area contributed by atoms with Crippen molar-refractivity contribution in [2.24, 2.45) is 11.8 Å². The minimum absolute atomic E-state index is 0.420. The molecule has 3 atom stereocenters. The molecule has 1 aromatic carbocycles. The Hall–Kier alpha value is -0.860. The molecule has 1 N–H and O–H groups in total. The van der Waals surface area contributed by atoms with E-state index in [4.69, 9.17) is 0 Å². The molecule has 2 aliphatic rings. The number of rotatable bonds is 1. The molecule has 0 amide bonds. The van der Waals surface area contributed by atoms with Gasteiger partial charge in [0, 0.05) is 19.0 Å². The van der Waals surface area contributed by atoms with Gasteiger partial charge in [0.05, 0.1) is 5.60 Å². The first kappa shape index (κ1) is 11.2. The Labute approximate surface area is 103 Å². The van der Waals surface area contributed by atoms with Gasteiger partial charge in [-0.1, -0.05) is 30.3 Å². The van der Waals surface area contributed by atoms with Crippen LogP contribution in [0, 0.1) is 11.8 Å². The molecule has 0 aromatic heterocycles. The van der Waals surface area contributed by atoms with E-state index in [9.17, 15) is 5.11 Å². The molecule has 17 heavy (non-hydrogen) atoms. The molecule has 1 heterocycles. The quantitative estimate of drug-likeness (QED) is 0.801. The van der Waals surface area contributed by atoms with Crippen molar-refractivity contribution in [1.82, 2.24) is 4.90 Å². The van der Waals surface area contributed by atoms with Crippen molar-refractivity contribution in [2.45, 2.75) is 24.9 Å². The Morgan fingerprint density at radius 3 is 2.76 bits per heavy atom. The summed E-state index contributed by atoms with van der Waals surface area (Å²) in [7, 11) is 2.17. The van der Waals surface area contributed by atoms with E-state index in [0.29, 0.717) is 11.8 Å². The lowest BCUT2D eigenvalue weighted by molar-refractivity contribution is -0.0645. The number of aliphatic hydroxyl groups is 1. The maximum absolute atomic E-state index is 11.1. The highest BCUT2D eigenvalue weighted by Crippen LogP contribution is 2.47. The van der Waals surface area contributed by atoms with Crippen molar-refractivity contribution in [2.75, 3.05) is 20.1 Å². The second-order valence-electron chi connectivity index (χ2n) is 5.77. The highest BCUT2D eigenvalue weighted by molar-refractivity contribution is 5.25. The van der Waals surface area contributed by atoms with Gasteiger partial charge in [0.25, 0.3) is 0 Å². The first-order valence-corrected chi connectivity index (χ1v) is 6.66. The van der Waals surface area contributed by atoms with Crippen LogP contribution in [0.2, 0.25) is 0 Å². The van der Waals surface area contributed by atoms with Crippen molar-refractivity contribution in [3.8, 4) is 0 Å². The average Bonchev–Trinajstić information content (AvgIpc) is 2.73. The van der Waals surface area contributed by atoms with Crippen molar-refractivity contribution in [3.05, 3.63) is 35.9 Å². The van der Waals surface area contributed by atoms with Crippen LogP contribution in [-0.4, -0.2) is 30.1 Å². The van der Waals surface area contributed by atoms with Gasteiger partial charge in [-0.3, -0.25) is 0 Å². The smallest absolute Gasteiger partial charge is 0.0939 e. The number of benzene rings is 1. The standard InChI is InChI=1S/C15H21NO/c1-16-10-12-6-5-9-15(17,14(12)11-16)13-7-3-2-4-8-13/h2-4,7-8,12,14,17H,5-6,9-11H2,1H3/t12-,14+,15-/m1/s1. The van der Waals surface area contributed by atoms with Gasteiger partial charge in [-0.25, -0.2) is 0 Å². The second-order valence-corrected chi connectivity index (χ2v) is 5.77. The Morgan fingerprint density at radius 1 is 1.24 bits per heavy atom. The third kappa shape index (κ3) is 1.80. The van der Waals surface area contributed by atoms with Crippen LogP contribution in [0.1, 0.15) is 24.8 Å². The molecule has 1 saturated carbocycles. The fourth-order valence-electron chi connectivity index (χ4n) is 3.82. The third-order valence-electron chi connectivity index (χ3n) is 4.64. The monoisotopic (exact) mass is 231 g/mol. The van der Waals surface area contributed by atoms with Crippen LogP contribution in [-0.2, 0) is 5.60 Å². The zero-order valence-electron chi connectivity index (χ0n) is 10.5. The number of nitrogens with zero attached hydrogens (tertiary/aromatic N) is 1. The third-order valence-corrected chi connectivity index (χ3v) is 4.64. The maximum atomic E-state index is 11.1. The first-order valence-electron chi connectivity index (χ1n) is 6.66. The first-order chi connectivity index (χ1) is 8.20. The topological polar surface area (TPSA) is 23.5 Å². The summed E-state index contributed by atoms with van der Waals surface area (Å²) in [5.41, 5.74) is 0.527. The fraction of sp³-hybridized carbons (Fsp3) is 0.600. The molecular formula is C15H21NO. The Balaban J connectivity index is 1.95. The number of hydrogen-bond acceptors (Lipinski definition) is 2. The molecule has 1 saturated heterocycles. The van der Waals surface area contributed by atoms with Crippen LogP contribution in [0.25, 0.3) is 0 Å². The van der Waals surface area contributed by atoms with Crippen LogP contribution in [0.5, 0.6) is 0 Å². The van der Waals surface area contributed by atoms with E-state index in [1.807, 2.05) is 18.2 Å². The second kappa shape index (κ2) is 4.11. The summed E-state index contributed by atoms with van der Waals surface area (Å²) in [6.45, 7) is 2.19. The SMILES string of the molecule is CN1C[C@H]2CCC[C@@](O)(c3ccccc3)[C@H]2C1. The molecule has 0 unspecified atom stereocenters. The van der Waals surface area contributed by atoms with Gasteiger partial charge < -0.3 is 10.0 Å². The van der Waals surface area contributed by atoms with E-state index in [1.165, 1.54) is 6.42 Å². The summed E-state index contributed by atoms with van der Waals surface area (Å²) in [6, 6.07) is 10.3. The predicted octanol–water partition coefficient (Wildman–Crippen LogP) is 2.24. The van der Waals surface area contributed by atoms with Crippen LogP contribution in [0.15, 0.2) is 30.3 Å². The van der Waals surface area contributed by atoms with Crippen LogP contribution in [0.3, 0.4) is 0 Å². The molecule has 0 radical (unpaired) electrons. The van der Waals surface area contributed by atoms with E-state index in [-0.39, 0.29) is 0 Å². The van der Waals surface area contributed by atoms with Crippen molar-refractivity contribution in [1.29, 1.82) is 0 Å². The lowest BCUT2D eigenvalue weighted by atomic mass is 9.67. The summed E-state index contributed by atoms with van der Waals surface area (Å²) in [5.74, 6) is 1.10. The highest BCUT2D eigenvalue weighted by atomic mass is 16.3. The summed E-state index contributed by atoms with van der Waals surface area (Å²) in [4.78, 5) is 2.37.